The quantitative estimate of drug-likeness (QED) is 0.891. The number of hydrogen-bond donors (Lipinski definition) is 1. The Kier molecular flexibility index (Phi) is 3.16. The molecular weight excluding hydrogens is 246 g/mol. The van der Waals surface area contributed by atoms with Gasteiger partial charge in [0.25, 0.3) is 0 Å². The Morgan fingerprint density at radius 1 is 1.28 bits per heavy atom. The van der Waals surface area contributed by atoms with Crippen molar-refractivity contribution in [3.8, 4) is 0 Å². The molecule has 0 radical (unpaired) electrons. The Morgan fingerprint density at radius 2 is 2.06 bits per heavy atom. The van der Waals surface area contributed by atoms with Crippen LogP contribution in [0.2, 0.25) is 5.02 Å². The van der Waals surface area contributed by atoms with Crippen molar-refractivity contribution < 1.29 is 0 Å². The van der Waals surface area contributed by atoms with Crippen LogP contribution in [0.3, 0.4) is 0 Å². The molecule has 1 aromatic carbocycles. The number of guanidine groups is 1. The highest BCUT2D eigenvalue weighted by atomic mass is 35.5. The number of anilines is 1. The topological polar surface area (TPSA) is 41.6 Å². The average Bonchev–Trinajstić information content (AvgIpc) is 2.97. The summed E-state index contributed by atoms with van der Waals surface area (Å²) in [7, 11) is 0. The lowest BCUT2D eigenvalue weighted by atomic mass is 9.97. The highest BCUT2D eigenvalue weighted by molar-refractivity contribution is 6.30. The summed E-state index contributed by atoms with van der Waals surface area (Å²) in [5.41, 5.74) is 7.12. The fraction of sp³-hybridized carbons (Fsp3) is 0.500. The summed E-state index contributed by atoms with van der Waals surface area (Å²) in [5, 5.41) is 0.748. The molecule has 0 bridgehead atoms. The van der Waals surface area contributed by atoms with E-state index in [1.165, 1.54) is 25.7 Å². The van der Waals surface area contributed by atoms with Crippen LogP contribution in [0.25, 0.3) is 0 Å². The molecule has 0 spiro atoms. The van der Waals surface area contributed by atoms with E-state index in [-0.39, 0.29) is 0 Å². The maximum Gasteiger partial charge on any atom is 0.196 e. The van der Waals surface area contributed by atoms with Crippen molar-refractivity contribution >= 4 is 23.2 Å². The highest BCUT2D eigenvalue weighted by Crippen LogP contribution is 2.35. The molecule has 4 heteroatoms. The van der Waals surface area contributed by atoms with Crippen LogP contribution in [0.5, 0.6) is 0 Å². The Hall–Kier alpha value is -1.22. The van der Waals surface area contributed by atoms with Gasteiger partial charge < -0.3 is 10.6 Å². The van der Waals surface area contributed by atoms with Crippen LogP contribution in [0.15, 0.2) is 29.3 Å². The van der Waals surface area contributed by atoms with Gasteiger partial charge in [-0.25, -0.2) is 0 Å². The number of benzene rings is 1. The van der Waals surface area contributed by atoms with Crippen molar-refractivity contribution in [1.29, 1.82) is 0 Å². The van der Waals surface area contributed by atoms with E-state index in [0.29, 0.717) is 17.9 Å². The molecule has 1 aromatic rings. The predicted octanol–water partition coefficient (Wildman–Crippen LogP) is 3.03. The first kappa shape index (κ1) is 11.8. The number of nitrogens with two attached hydrogens (primary N) is 1. The molecule has 1 saturated carbocycles. The van der Waals surface area contributed by atoms with Gasteiger partial charge in [-0.3, -0.25) is 4.99 Å². The summed E-state index contributed by atoms with van der Waals surface area (Å²) < 4.78 is 0. The molecule has 3 rings (SSSR count). The predicted molar refractivity (Wildman–Crippen MR) is 76.2 cm³/mol. The van der Waals surface area contributed by atoms with Crippen LogP contribution in [0.4, 0.5) is 5.69 Å². The normalized spacial score (nSPS) is 24.6. The van der Waals surface area contributed by atoms with E-state index < -0.39 is 0 Å². The number of halogens is 1. The van der Waals surface area contributed by atoms with Gasteiger partial charge in [-0.15, -0.1) is 0 Å². The zero-order chi connectivity index (χ0) is 12.5. The molecule has 1 aliphatic carbocycles. The second-order valence-electron chi connectivity index (χ2n) is 5.16. The third-order valence-corrected chi connectivity index (χ3v) is 4.28. The summed E-state index contributed by atoms with van der Waals surface area (Å²) in [6.07, 6.45) is 5.27. The van der Waals surface area contributed by atoms with Gasteiger partial charge in [0.2, 0.25) is 0 Å². The van der Waals surface area contributed by atoms with Crippen molar-refractivity contribution in [1.82, 2.24) is 0 Å². The first-order chi connectivity index (χ1) is 8.75. The van der Waals surface area contributed by atoms with E-state index in [1.54, 1.807) is 0 Å². The lowest BCUT2D eigenvalue weighted by Gasteiger charge is -2.30. The van der Waals surface area contributed by atoms with Crippen molar-refractivity contribution in [3.05, 3.63) is 29.3 Å². The van der Waals surface area contributed by atoms with Crippen LogP contribution in [0.1, 0.15) is 25.7 Å². The Morgan fingerprint density at radius 3 is 2.78 bits per heavy atom. The highest BCUT2D eigenvalue weighted by Gasteiger charge is 2.35. The van der Waals surface area contributed by atoms with E-state index in [4.69, 9.17) is 17.3 Å². The van der Waals surface area contributed by atoms with Gasteiger partial charge in [0.1, 0.15) is 0 Å². The molecule has 1 aliphatic heterocycles. The summed E-state index contributed by atoms with van der Waals surface area (Å²) in [6.45, 7) is 0.822. The number of rotatable bonds is 2. The maximum absolute atomic E-state index is 6.07. The Bertz CT molecular complexity index is 466. The molecular formula is C14H18ClN3. The largest absolute Gasteiger partial charge is 0.370 e. The molecule has 1 heterocycles. The van der Waals surface area contributed by atoms with Gasteiger partial charge >= 0.3 is 0 Å². The summed E-state index contributed by atoms with van der Waals surface area (Å²) in [6, 6.07) is 8.30. The number of nitrogens with zero attached hydrogens (tertiary/aromatic N) is 2. The molecule has 0 aromatic heterocycles. The number of hydrogen-bond acceptors (Lipinski definition) is 3. The zero-order valence-electron chi connectivity index (χ0n) is 10.3. The summed E-state index contributed by atoms with van der Waals surface area (Å²) in [5.74, 6) is 1.35. The van der Waals surface area contributed by atoms with Crippen LogP contribution < -0.4 is 10.6 Å². The van der Waals surface area contributed by atoms with Gasteiger partial charge in [0.15, 0.2) is 5.96 Å². The molecule has 1 fully saturated rings. The van der Waals surface area contributed by atoms with E-state index in [1.807, 2.05) is 18.2 Å². The van der Waals surface area contributed by atoms with E-state index in [9.17, 15) is 0 Å². The monoisotopic (exact) mass is 263 g/mol. The molecule has 18 heavy (non-hydrogen) atoms. The minimum Gasteiger partial charge on any atom is -0.370 e. The molecule has 0 amide bonds. The minimum absolute atomic E-state index is 0.422. The SMILES string of the molecule is NC1=NCC(C2CCCC2)N1c1cccc(Cl)c1. The van der Waals surface area contributed by atoms with Crippen LogP contribution in [-0.4, -0.2) is 18.5 Å². The number of aliphatic imine (C=N–C) groups is 1. The lowest BCUT2D eigenvalue weighted by molar-refractivity contribution is 0.450. The van der Waals surface area contributed by atoms with Gasteiger partial charge in [0.05, 0.1) is 12.6 Å². The lowest BCUT2D eigenvalue weighted by Crippen LogP contribution is -2.44. The van der Waals surface area contributed by atoms with Crippen molar-refractivity contribution in [2.45, 2.75) is 31.7 Å². The summed E-state index contributed by atoms with van der Waals surface area (Å²) in [4.78, 5) is 6.60. The van der Waals surface area contributed by atoms with Crippen LogP contribution >= 0.6 is 11.6 Å². The van der Waals surface area contributed by atoms with Gasteiger partial charge in [0, 0.05) is 10.7 Å². The van der Waals surface area contributed by atoms with Crippen LogP contribution in [0, 0.1) is 5.92 Å². The standard InChI is InChI=1S/C14H18ClN3/c15-11-6-3-7-12(8-11)18-13(9-17-14(18)16)10-4-1-2-5-10/h3,6-8,10,13H,1-2,4-5,9H2,(H2,16,17). The van der Waals surface area contributed by atoms with Crippen molar-refractivity contribution in [3.63, 3.8) is 0 Å². The second kappa shape index (κ2) is 4.81. The van der Waals surface area contributed by atoms with Gasteiger partial charge in [-0.2, -0.15) is 0 Å². The maximum atomic E-state index is 6.07. The van der Waals surface area contributed by atoms with Crippen molar-refractivity contribution in [2.75, 3.05) is 11.4 Å². The van der Waals surface area contributed by atoms with Gasteiger partial charge in [-0.05, 0) is 37.0 Å². The molecule has 3 nitrogen and oxygen atoms in total. The first-order valence-corrected chi connectivity index (χ1v) is 6.98. The third-order valence-electron chi connectivity index (χ3n) is 4.05. The Labute approximate surface area is 113 Å². The van der Waals surface area contributed by atoms with E-state index in [0.717, 1.165) is 17.3 Å². The average molecular weight is 264 g/mol. The summed E-state index contributed by atoms with van der Waals surface area (Å²) >= 11 is 6.07. The molecule has 1 unspecified atom stereocenters. The van der Waals surface area contributed by atoms with Crippen LogP contribution in [-0.2, 0) is 0 Å². The van der Waals surface area contributed by atoms with E-state index in [2.05, 4.69) is 16.0 Å². The smallest absolute Gasteiger partial charge is 0.196 e. The van der Waals surface area contributed by atoms with Crippen molar-refractivity contribution in [2.24, 2.45) is 16.6 Å². The molecule has 0 saturated heterocycles. The molecule has 1 atom stereocenters. The minimum atomic E-state index is 0.422. The van der Waals surface area contributed by atoms with Gasteiger partial charge in [-0.1, -0.05) is 30.5 Å². The fourth-order valence-corrected chi connectivity index (χ4v) is 3.35. The molecule has 96 valence electrons. The second-order valence-corrected chi connectivity index (χ2v) is 5.60. The third kappa shape index (κ3) is 2.07. The molecule has 2 aliphatic rings. The Balaban J connectivity index is 1.89. The zero-order valence-corrected chi connectivity index (χ0v) is 11.1. The molecule has 2 N–H and O–H groups in total. The fourth-order valence-electron chi connectivity index (χ4n) is 3.17. The van der Waals surface area contributed by atoms with E-state index >= 15 is 0 Å². The first-order valence-electron chi connectivity index (χ1n) is 6.60.